The molecular formula is C19H28O6. The van der Waals surface area contributed by atoms with Gasteiger partial charge in [-0.3, -0.25) is 4.79 Å². The molecule has 25 heavy (non-hydrogen) atoms. The van der Waals surface area contributed by atoms with Crippen LogP contribution in [0, 0.1) is 0 Å². The molecule has 1 N–H and O–H groups in total. The molecule has 1 aromatic carbocycles. The van der Waals surface area contributed by atoms with Crippen LogP contribution in [0.4, 0.5) is 0 Å². The Morgan fingerprint density at radius 2 is 1.68 bits per heavy atom. The van der Waals surface area contributed by atoms with Crippen molar-refractivity contribution in [2.45, 2.75) is 57.3 Å². The third-order valence-electron chi connectivity index (χ3n) is 4.07. The van der Waals surface area contributed by atoms with Gasteiger partial charge in [0.05, 0.1) is 32.8 Å². The van der Waals surface area contributed by atoms with Crippen LogP contribution in [0.3, 0.4) is 0 Å². The predicted octanol–water partition coefficient (Wildman–Crippen LogP) is 2.62. The van der Waals surface area contributed by atoms with Crippen LogP contribution >= 0.6 is 0 Å². The molecule has 0 amide bonds. The Hall–Kier alpha value is -1.92. The van der Waals surface area contributed by atoms with E-state index < -0.39 is 29.6 Å². The third-order valence-corrected chi connectivity index (χ3v) is 4.07. The second kappa shape index (κ2) is 9.53. The van der Waals surface area contributed by atoms with E-state index >= 15 is 0 Å². The second-order valence-corrected chi connectivity index (χ2v) is 6.66. The van der Waals surface area contributed by atoms with Gasteiger partial charge in [0, 0.05) is 0 Å². The Balaban J connectivity index is 2.55. The fourth-order valence-electron chi connectivity index (χ4n) is 2.50. The van der Waals surface area contributed by atoms with E-state index in [1.165, 1.54) is 14.2 Å². The number of hydrogen-bond donors (Lipinski definition) is 1. The molecule has 1 rings (SSSR count). The zero-order chi connectivity index (χ0) is 18.9. The molecule has 0 radical (unpaired) electrons. The molecule has 1 aromatic rings. The summed E-state index contributed by atoms with van der Waals surface area (Å²) in [6.45, 7) is 4.39. The Bertz CT molecular complexity index is 554. The number of esters is 2. The van der Waals surface area contributed by atoms with Crippen molar-refractivity contribution in [1.82, 2.24) is 0 Å². The molecule has 0 aromatic heterocycles. The van der Waals surface area contributed by atoms with Gasteiger partial charge in [-0.25, -0.2) is 4.79 Å². The van der Waals surface area contributed by atoms with E-state index in [1.54, 1.807) is 0 Å². The van der Waals surface area contributed by atoms with Crippen LogP contribution in [-0.4, -0.2) is 42.5 Å². The summed E-state index contributed by atoms with van der Waals surface area (Å²) in [5, 5.41) is 10.5. The number of hydrogen-bond acceptors (Lipinski definition) is 6. The Morgan fingerprint density at radius 3 is 2.24 bits per heavy atom. The summed E-state index contributed by atoms with van der Waals surface area (Å²) in [4.78, 5) is 23.3. The molecule has 0 fully saturated rings. The van der Waals surface area contributed by atoms with E-state index in [2.05, 4.69) is 9.47 Å². The van der Waals surface area contributed by atoms with Gasteiger partial charge in [-0.05, 0) is 38.7 Å². The average Bonchev–Trinajstić information content (AvgIpc) is 2.59. The maximum atomic E-state index is 11.8. The molecule has 0 saturated heterocycles. The van der Waals surface area contributed by atoms with E-state index in [1.807, 2.05) is 44.2 Å². The topological polar surface area (TPSA) is 82.1 Å². The molecule has 6 nitrogen and oxygen atoms in total. The van der Waals surface area contributed by atoms with Crippen LogP contribution < -0.4 is 0 Å². The second-order valence-electron chi connectivity index (χ2n) is 6.66. The molecule has 0 aliphatic rings. The first-order chi connectivity index (χ1) is 11.7. The van der Waals surface area contributed by atoms with Crippen molar-refractivity contribution in [2.24, 2.45) is 0 Å². The number of carbonyl (C=O) groups excluding carboxylic acids is 2. The summed E-state index contributed by atoms with van der Waals surface area (Å²) >= 11 is 0. The largest absolute Gasteiger partial charge is 0.469 e. The molecule has 0 aliphatic carbocycles. The molecular weight excluding hydrogens is 324 g/mol. The molecule has 0 unspecified atom stereocenters. The molecule has 1 atom stereocenters. The molecule has 0 spiro atoms. The Morgan fingerprint density at radius 1 is 1.04 bits per heavy atom. The lowest BCUT2D eigenvalue weighted by atomic mass is 9.90. The fourth-order valence-corrected chi connectivity index (χ4v) is 2.50. The highest BCUT2D eigenvalue weighted by molar-refractivity contribution is 5.85. The SMILES string of the molecule is COC(=O)C[C@](O)(CCCC(C)(C)OCc1ccccc1)C(=O)OC. The van der Waals surface area contributed by atoms with E-state index in [9.17, 15) is 14.7 Å². The third kappa shape index (κ3) is 7.23. The maximum absolute atomic E-state index is 11.8. The van der Waals surface area contributed by atoms with Crippen molar-refractivity contribution in [2.75, 3.05) is 14.2 Å². The summed E-state index contributed by atoms with van der Waals surface area (Å²) in [5.41, 5.74) is -1.23. The van der Waals surface area contributed by atoms with Crippen LogP contribution in [-0.2, 0) is 30.4 Å². The van der Waals surface area contributed by atoms with Gasteiger partial charge < -0.3 is 19.3 Å². The summed E-state index contributed by atoms with van der Waals surface area (Å²) in [7, 11) is 2.39. The van der Waals surface area contributed by atoms with Crippen molar-refractivity contribution in [3.63, 3.8) is 0 Å². The standard InChI is InChI=1S/C19H28O6/c1-18(2,25-14-15-9-6-5-7-10-15)11-8-12-19(22,17(21)24-4)13-16(20)23-3/h5-7,9-10,22H,8,11-14H2,1-4H3/t19-/m1/s1. The molecule has 0 bridgehead atoms. The van der Waals surface area contributed by atoms with Gasteiger partial charge >= 0.3 is 11.9 Å². The normalized spacial score (nSPS) is 13.8. The fraction of sp³-hybridized carbons (Fsp3) is 0.579. The number of aliphatic hydroxyl groups is 1. The van der Waals surface area contributed by atoms with E-state index in [-0.39, 0.29) is 6.42 Å². The smallest absolute Gasteiger partial charge is 0.338 e. The molecule has 140 valence electrons. The van der Waals surface area contributed by atoms with Crippen LogP contribution in [0.5, 0.6) is 0 Å². The molecule has 0 saturated carbocycles. The number of rotatable bonds is 10. The Kier molecular flexibility index (Phi) is 8.06. The van der Waals surface area contributed by atoms with Gasteiger partial charge in [-0.15, -0.1) is 0 Å². The molecule has 0 heterocycles. The summed E-state index contributed by atoms with van der Waals surface area (Å²) < 4.78 is 15.1. The zero-order valence-electron chi connectivity index (χ0n) is 15.4. The quantitative estimate of drug-likeness (QED) is 0.652. The number of methoxy groups -OCH3 is 2. The highest BCUT2D eigenvalue weighted by Crippen LogP contribution is 2.26. The zero-order valence-corrected chi connectivity index (χ0v) is 15.4. The van der Waals surface area contributed by atoms with Gasteiger partial charge in [-0.1, -0.05) is 30.3 Å². The molecule has 6 heteroatoms. The van der Waals surface area contributed by atoms with Crippen molar-refractivity contribution in [3.05, 3.63) is 35.9 Å². The van der Waals surface area contributed by atoms with Gasteiger partial charge in [0.1, 0.15) is 0 Å². The lowest BCUT2D eigenvalue weighted by molar-refractivity contribution is -0.170. The van der Waals surface area contributed by atoms with Gasteiger partial charge in [0.25, 0.3) is 0 Å². The maximum Gasteiger partial charge on any atom is 0.338 e. The number of ether oxygens (including phenoxy) is 3. The van der Waals surface area contributed by atoms with Crippen LogP contribution in [0.15, 0.2) is 30.3 Å². The molecule has 0 aliphatic heterocycles. The predicted molar refractivity (Wildman–Crippen MR) is 92.8 cm³/mol. The lowest BCUT2D eigenvalue weighted by Crippen LogP contribution is -2.42. The van der Waals surface area contributed by atoms with Gasteiger partial charge in [0.2, 0.25) is 0 Å². The lowest BCUT2D eigenvalue weighted by Gasteiger charge is -2.28. The van der Waals surface area contributed by atoms with Crippen molar-refractivity contribution in [1.29, 1.82) is 0 Å². The minimum absolute atomic E-state index is 0.0902. The Labute approximate surface area is 149 Å². The minimum atomic E-state index is -1.88. The summed E-state index contributed by atoms with van der Waals surface area (Å²) in [6, 6.07) is 9.83. The highest BCUT2D eigenvalue weighted by atomic mass is 16.5. The van der Waals surface area contributed by atoms with Gasteiger partial charge in [-0.2, -0.15) is 0 Å². The number of carbonyl (C=O) groups is 2. The van der Waals surface area contributed by atoms with E-state index in [0.29, 0.717) is 19.4 Å². The minimum Gasteiger partial charge on any atom is -0.469 e. The van der Waals surface area contributed by atoms with Crippen molar-refractivity contribution >= 4 is 11.9 Å². The summed E-state index contributed by atoms with van der Waals surface area (Å²) in [6.07, 6.45) is 0.763. The first-order valence-corrected chi connectivity index (χ1v) is 8.28. The monoisotopic (exact) mass is 352 g/mol. The number of benzene rings is 1. The van der Waals surface area contributed by atoms with Gasteiger partial charge in [0.15, 0.2) is 5.60 Å². The van der Waals surface area contributed by atoms with Crippen molar-refractivity contribution < 1.29 is 28.9 Å². The first-order valence-electron chi connectivity index (χ1n) is 8.28. The van der Waals surface area contributed by atoms with E-state index in [4.69, 9.17) is 4.74 Å². The van der Waals surface area contributed by atoms with Crippen molar-refractivity contribution in [3.8, 4) is 0 Å². The average molecular weight is 352 g/mol. The first kappa shape index (κ1) is 21.1. The van der Waals surface area contributed by atoms with Crippen LogP contribution in [0.25, 0.3) is 0 Å². The highest BCUT2D eigenvalue weighted by Gasteiger charge is 2.40. The van der Waals surface area contributed by atoms with E-state index in [0.717, 1.165) is 5.56 Å². The van der Waals surface area contributed by atoms with Crippen LogP contribution in [0.1, 0.15) is 45.1 Å². The van der Waals surface area contributed by atoms with Crippen LogP contribution in [0.2, 0.25) is 0 Å². The summed E-state index contributed by atoms with van der Waals surface area (Å²) in [5.74, 6) is -1.49.